The van der Waals surface area contributed by atoms with Crippen LogP contribution in [0.4, 0.5) is 0 Å². The average Bonchev–Trinajstić information content (AvgIpc) is 3.73. The summed E-state index contributed by atoms with van der Waals surface area (Å²) >= 11 is 0. The van der Waals surface area contributed by atoms with Crippen molar-refractivity contribution in [1.29, 1.82) is 0 Å². The van der Waals surface area contributed by atoms with Gasteiger partial charge in [-0.05, 0) is 71.9 Å². The highest BCUT2D eigenvalue weighted by atomic mass is 31.1. The van der Waals surface area contributed by atoms with Crippen LogP contribution in [0.2, 0.25) is 0 Å². The van der Waals surface area contributed by atoms with Crippen LogP contribution in [-0.2, 0) is 14.1 Å². The molecule has 0 radical (unpaired) electrons. The van der Waals surface area contributed by atoms with Crippen molar-refractivity contribution in [3.63, 3.8) is 0 Å². The van der Waals surface area contributed by atoms with Crippen LogP contribution in [0.3, 0.4) is 0 Å². The second-order valence-electron chi connectivity index (χ2n) is 12.8. The van der Waals surface area contributed by atoms with Crippen molar-refractivity contribution in [3.05, 3.63) is 182 Å². The zero-order valence-electron chi connectivity index (χ0n) is 29.0. The maximum Gasteiger partial charge on any atom is 0.141 e. The average molecular weight is 707 g/mol. The van der Waals surface area contributed by atoms with E-state index in [1.807, 2.05) is 0 Å². The number of rotatable bonds is 8. The lowest BCUT2D eigenvalue weighted by Gasteiger charge is -2.29. The molecule has 4 nitrogen and oxygen atoms in total. The van der Waals surface area contributed by atoms with Crippen molar-refractivity contribution in [1.82, 2.24) is 19.1 Å². The van der Waals surface area contributed by atoms with E-state index in [2.05, 4.69) is 205 Å². The molecule has 0 bridgehead atoms. The summed E-state index contributed by atoms with van der Waals surface area (Å²) in [5.74, 6) is 1.96. The first-order chi connectivity index (χ1) is 25.7. The summed E-state index contributed by atoms with van der Waals surface area (Å²) in [4.78, 5) is 10.4. The van der Waals surface area contributed by atoms with E-state index in [-0.39, 0.29) is 0 Å². The van der Waals surface area contributed by atoms with Gasteiger partial charge in [-0.25, -0.2) is 9.97 Å². The Balaban J connectivity index is 1.30. The Morgan fingerprint density at radius 1 is 0.346 bits per heavy atom. The third-order valence-electron chi connectivity index (χ3n) is 9.74. The summed E-state index contributed by atoms with van der Waals surface area (Å²) in [6.45, 7) is 0. The molecule has 9 rings (SSSR count). The Labute approximate surface area is 306 Å². The molecular formula is C46H36N4P2. The van der Waals surface area contributed by atoms with Crippen molar-refractivity contribution < 1.29 is 0 Å². The summed E-state index contributed by atoms with van der Waals surface area (Å²) in [5.41, 5.74) is 6.59. The predicted molar refractivity (Wildman–Crippen MR) is 223 cm³/mol. The van der Waals surface area contributed by atoms with E-state index in [1.54, 1.807) is 0 Å². The molecule has 52 heavy (non-hydrogen) atoms. The second-order valence-corrected chi connectivity index (χ2v) is 17.1. The number of fused-ring (bicyclic) bond motifs is 2. The second kappa shape index (κ2) is 13.8. The minimum absolute atomic E-state index is 0.982. The van der Waals surface area contributed by atoms with Gasteiger partial charge in [0.2, 0.25) is 0 Å². The zero-order valence-corrected chi connectivity index (χ0v) is 30.8. The molecule has 0 aliphatic heterocycles. The van der Waals surface area contributed by atoms with Gasteiger partial charge in [-0.1, -0.05) is 158 Å². The normalized spacial score (nSPS) is 12.7. The highest BCUT2D eigenvalue weighted by molar-refractivity contribution is 7.85. The first-order valence-electron chi connectivity index (χ1n) is 17.5. The molecule has 0 fully saturated rings. The minimum Gasteiger partial charge on any atom is -0.327 e. The summed E-state index contributed by atoms with van der Waals surface area (Å²) in [7, 11) is 2.24. The lowest BCUT2D eigenvalue weighted by molar-refractivity contribution is 0.960. The van der Waals surface area contributed by atoms with Crippen LogP contribution < -0.4 is 31.8 Å². The summed E-state index contributed by atoms with van der Waals surface area (Å²) in [6.07, 6.45) is 0. The van der Waals surface area contributed by atoms with Crippen molar-refractivity contribution in [2.24, 2.45) is 14.1 Å². The van der Waals surface area contributed by atoms with Crippen LogP contribution >= 0.6 is 15.8 Å². The van der Waals surface area contributed by atoms with Gasteiger partial charge < -0.3 is 9.13 Å². The van der Waals surface area contributed by atoms with E-state index in [9.17, 15) is 0 Å². The molecule has 7 aromatic carbocycles. The van der Waals surface area contributed by atoms with Gasteiger partial charge in [-0.3, -0.25) is 0 Å². The molecule has 0 aliphatic rings. The number of imidazole rings is 2. The van der Waals surface area contributed by atoms with Crippen molar-refractivity contribution in [2.45, 2.75) is 0 Å². The smallest absolute Gasteiger partial charge is 0.141 e. The molecule has 0 saturated carbocycles. The van der Waals surface area contributed by atoms with Gasteiger partial charge in [0.1, 0.15) is 11.6 Å². The summed E-state index contributed by atoms with van der Waals surface area (Å²) in [5, 5.41) is 7.90. The number of aryl methyl sites for hydroxylation is 2. The topological polar surface area (TPSA) is 35.6 Å². The van der Waals surface area contributed by atoms with Crippen LogP contribution in [0.1, 0.15) is 0 Å². The first kappa shape index (κ1) is 32.3. The highest BCUT2D eigenvalue weighted by Crippen LogP contribution is 2.43. The Kier molecular flexibility index (Phi) is 8.57. The summed E-state index contributed by atoms with van der Waals surface area (Å²) < 4.78 is 4.48. The zero-order chi connectivity index (χ0) is 35.0. The Morgan fingerprint density at radius 2 is 0.673 bits per heavy atom. The molecule has 2 aromatic heterocycles. The fourth-order valence-corrected chi connectivity index (χ4v) is 12.9. The van der Waals surface area contributed by atoms with Crippen LogP contribution in [0.15, 0.2) is 182 Å². The third kappa shape index (κ3) is 5.66. The van der Waals surface area contributed by atoms with Gasteiger partial charge >= 0.3 is 0 Å². The fraction of sp³-hybridized carbons (Fsp3) is 0.0435. The highest BCUT2D eigenvalue weighted by Gasteiger charge is 2.30. The van der Waals surface area contributed by atoms with Crippen molar-refractivity contribution in [3.8, 4) is 22.8 Å². The quantitative estimate of drug-likeness (QED) is 0.149. The number of hydrogen-bond acceptors (Lipinski definition) is 2. The van der Waals surface area contributed by atoms with Crippen LogP contribution in [0.25, 0.3) is 44.8 Å². The molecule has 2 heterocycles. The molecule has 0 amide bonds. The number of hydrogen-bond donors (Lipinski definition) is 0. The van der Waals surface area contributed by atoms with E-state index >= 15 is 0 Å². The van der Waals surface area contributed by atoms with Gasteiger partial charge in [-0.2, -0.15) is 0 Å². The Bertz CT molecular complexity index is 2490. The van der Waals surface area contributed by atoms with Gasteiger partial charge in [0.05, 0.1) is 22.1 Å². The molecule has 2 atom stereocenters. The molecule has 0 N–H and O–H groups in total. The Morgan fingerprint density at radius 3 is 1.08 bits per heavy atom. The largest absolute Gasteiger partial charge is 0.327 e. The molecule has 250 valence electrons. The van der Waals surface area contributed by atoms with E-state index in [4.69, 9.17) is 9.97 Å². The Hall–Kier alpha value is -5.66. The van der Waals surface area contributed by atoms with Crippen LogP contribution in [0.5, 0.6) is 0 Å². The maximum atomic E-state index is 5.21. The van der Waals surface area contributed by atoms with Gasteiger partial charge in [0.15, 0.2) is 0 Å². The molecule has 0 spiro atoms. The molecule has 9 aromatic rings. The molecule has 0 aliphatic carbocycles. The standard InChI is InChI=1S/C46H36N4P2/c1-49-39-27-13-11-25-37(39)47-45(49)35-23-9-15-29-41(35)51(33-19-5-3-6-20-33)43-31-17-18-32-44(43)52(34-21-7-4-8-22-34)42-30-16-10-24-36(42)46-48-38-26-12-14-28-40(38)50(46)2/h3-32H,1-2H3. The monoisotopic (exact) mass is 706 g/mol. The van der Waals surface area contributed by atoms with E-state index in [1.165, 1.54) is 31.8 Å². The fourth-order valence-electron chi connectivity index (χ4n) is 7.30. The van der Waals surface area contributed by atoms with Crippen molar-refractivity contribution in [2.75, 3.05) is 0 Å². The number of para-hydroxylation sites is 4. The van der Waals surface area contributed by atoms with E-state index < -0.39 is 15.8 Å². The van der Waals surface area contributed by atoms with Gasteiger partial charge in [0, 0.05) is 25.2 Å². The van der Waals surface area contributed by atoms with Crippen molar-refractivity contribution >= 4 is 69.7 Å². The SMILES string of the molecule is Cn1c(-c2ccccc2P(c2ccccc2)c2ccccc2P(c2ccccc2)c2ccccc2-c2nc3ccccc3n2C)nc2ccccc21. The number of nitrogens with zero attached hydrogens (tertiary/aromatic N) is 4. The number of benzene rings is 7. The number of aromatic nitrogens is 4. The van der Waals surface area contributed by atoms with Crippen LogP contribution in [0, 0.1) is 0 Å². The molecule has 0 saturated heterocycles. The van der Waals surface area contributed by atoms with Crippen LogP contribution in [-0.4, -0.2) is 19.1 Å². The van der Waals surface area contributed by atoms with E-state index in [0.717, 1.165) is 44.8 Å². The molecule has 6 heteroatoms. The molecule has 2 unspecified atom stereocenters. The summed E-state index contributed by atoms with van der Waals surface area (Å²) in [6, 6.07) is 65.9. The molecular weight excluding hydrogens is 670 g/mol. The lowest BCUT2D eigenvalue weighted by Crippen LogP contribution is -2.35. The minimum atomic E-state index is -1.01. The maximum absolute atomic E-state index is 5.21. The van der Waals surface area contributed by atoms with Gasteiger partial charge in [-0.15, -0.1) is 0 Å². The van der Waals surface area contributed by atoms with E-state index in [0.29, 0.717) is 0 Å². The van der Waals surface area contributed by atoms with Gasteiger partial charge in [0.25, 0.3) is 0 Å². The lowest BCUT2D eigenvalue weighted by atomic mass is 10.2. The first-order valence-corrected chi connectivity index (χ1v) is 20.2. The third-order valence-corrected chi connectivity index (χ3v) is 15.0. The predicted octanol–water partition coefficient (Wildman–Crippen LogP) is 8.31.